The van der Waals surface area contributed by atoms with Crippen LogP contribution in [-0.4, -0.2) is 65.4 Å². The number of nitrogens with zero attached hydrogens (tertiary/aromatic N) is 3. The van der Waals surface area contributed by atoms with Gasteiger partial charge >= 0.3 is 0 Å². The molecule has 0 saturated carbocycles. The molecule has 0 aromatic heterocycles. The van der Waals surface area contributed by atoms with E-state index in [-0.39, 0.29) is 11.3 Å². The Balaban J connectivity index is 1.70. The van der Waals surface area contributed by atoms with E-state index in [0.717, 1.165) is 19.7 Å². The number of hydrogen-bond donors (Lipinski definition) is 2. The minimum Gasteiger partial charge on any atom is -0.365 e. The van der Waals surface area contributed by atoms with Crippen LogP contribution in [0, 0.1) is 6.92 Å². The largest absolute Gasteiger partial charge is 0.365 e. The fourth-order valence-corrected chi connectivity index (χ4v) is 7.78. The van der Waals surface area contributed by atoms with Crippen molar-refractivity contribution in [2.24, 2.45) is 0 Å². The van der Waals surface area contributed by atoms with Crippen molar-refractivity contribution < 1.29 is 28.2 Å². The third kappa shape index (κ3) is 2.88. The first kappa shape index (κ1) is 23.7. The summed E-state index contributed by atoms with van der Waals surface area (Å²) in [4.78, 5) is 28.7. The number of aliphatic hydroxyl groups excluding tert-OH is 1. The lowest BCUT2D eigenvalue weighted by atomic mass is 9.71. The van der Waals surface area contributed by atoms with Crippen LogP contribution >= 0.6 is 0 Å². The SMILES string of the molecule is Cc1ccc([C@]23C[C@@]4(O)C(=O)N(C)[C@H](O)C(=O)N4[C@H]2N(S(=O)(=O)c2ccccc2)c2ccccc23)cc1. The molecule has 2 N–H and O–H groups in total. The molecule has 9 nitrogen and oxygen atoms in total. The minimum absolute atomic E-state index is 0.00611. The molecular formula is C27H25N3O6S. The quantitative estimate of drug-likeness (QED) is 0.542. The Morgan fingerprint density at radius 3 is 2.22 bits per heavy atom. The Morgan fingerprint density at radius 1 is 0.919 bits per heavy atom. The van der Waals surface area contributed by atoms with Crippen LogP contribution in [0.15, 0.2) is 83.8 Å². The number of rotatable bonds is 3. The number of para-hydroxylation sites is 1. The predicted octanol–water partition coefficient (Wildman–Crippen LogP) is 1.53. The summed E-state index contributed by atoms with van der Waals surface area (Å²) in [5, 5.41) is 22.5. The second-order valence-corrected chi connectivity index (χ2v) is 11.6. The monoisotopic (exact) mass is 519 g/mol. The number of anilines is 1. The molecule has 6 rings (SSSR count). The molecule has 2 saturated heterocycles. The Morgan fingerprint density at radius 2 is 1.54 bits per heavy atom. The van der Waals surface area contributed by atoms with Gasteiger partial charge < -0.3 is 15.1 Å². The summed E-state index contributed by atoms with van der Waals surface area (Å²) < 4.78 is 29.6. The molecule has 37 heavy (non-hydrogen) atoms. The molecule has 4 atom stereocenters. The maximum absolute atomic E-state index is 14.2. The van der Waals surface area contributed by atoms with E-state index in [1.54, 1.807) is 42.5 Å². The van der Waals surface area contributed by atoms with Crippen LogP contribution in [0.2, 0.25) is 0 Å². The predicted molar refractivity (Wildman–Crippen MR) is 133 cm³/mol. The van der Waals surface area contributed by atoms with E-state index in [4.69, 9.17) is 0 Å². The lowest BCUT2D eigenvalue weighted by Gasteiger charge is -2.46. The third-order valence-corrected chi connectivity index (χ3v) is 9.59. The van der Waals surface area contributed by atoms with Crippen molar-refractivity contribution in [3.8, 4) is 0 Å². The van der Waals surface area contributed by atoms with Crippen LogP contribution in [0.1, 0.15) is 23.1 Å². The third-order valence-electron chi connectivity index (χ3n) is 7.81. The van der Waals surface area contributed by atoms with E-state index >= 15 is 0 Å². The molecule has 3 aliphatic rings. The van der Waals surface area contributed by atoms with E-state index in [2.05, 4.69) is 0 Å². The van der Waals surface area contributed by atoms with Crippen molar-refractivity contribution in [3.63, 3.8) is 0 Å². The summed E-state index contributed by atoms with van der Waals surface area (Å²) >= 11 is 0. The molecule has 2 fully saturated rings. The Hall–Kier alpha value is -3.73. The van der Waals surface area contributed by atoms with Crippen molar-refractivity contribution >= 4 is 27.5 Å². The van der Waals surface area contributed by atoms with Crippen LogP contribution in [0.4, 0.5) is 5.69 Å². The number of aliphatic hydroxyl groups is 2. The zero-order chi connectivity index (χ0) is 26.3. The van der Waals surface area contributed by atoms with E-state index in [1.165, 1.54) is 19.2 Å². The first-order chi connectivity index (χ1) is 17.5. The summed E-state index contributed by atoms with van der Waals surface area (Å²) in [6.45, 7) is 1.91. The second kappa shape index (κ2) is 7.64. The first-order valence-corrected chi connectivity index (χ1v) is 13.3. The van der Waals surface area contributed by atoms with Crippen molar-refractivity contribution in [1.29, 1.82) is 0 Å². The van der Waals surface area contributed by atoms with Crippen molar-refractivity contribution in [3.05, 3.63) is 95.6 Å². The highest BCUT2D eigenvalue weighted by molar-refractivity contribution is 7.92. The van der Waals surface area contributed by atoms with Crippen molar-refractivity contribution in [1.82, 2.24) is 9.80 Å². The number of aryl methyl sites for hydroxylation is 1. The Labute approximate surface area is 214 Å². The Kier molecular flexibility index (Phi) is 4.88. The molecule has 0 spiro atoms. The zero-order valence-electron chi connectivity index (χ0n) is 20.1. The van der Waals surface area contributed by atoms with Gasteiger partial charge in [0, 0.05) is 13.5 Å². The van der Waals surface area contributed by atoms with E-state index in [0.29, 0.717) is 16.8 Å². The van der Waals surface area contributed by atoms with Crippen LogP contribution in [0.3, 0.4) is 0 Å². The highest BCUT2D eigenvalue weighted by Gasteiger charge is 2.74. The maximum Gasteiger partial charge on any atom is 0.278 e. The minimum atomic E-state index is -4.29. The number of carbonyl (C=O) groups is 2. The average Bonchev–Trinajstić information content (AvgIpc) is 3.34. The number of benzene rings is 3. The van der Waals surface area contributed by atoms with Gasteiger partial charge in [-0.15, -0.1) is 0 Å². The number of amides is 2. The number of fused-ring (bicyclic) bond motifs is 5. The molecule has 190 valence electrons. The van der Waals surface area contributed by atoms with E-state index < -0.39 is 45.4 Å². The fraction of sp³-hybridized carbons (Fsp3) is 0.259. The number of sulfonamides is 1. The molecule has 10 heteroatoms. The van der Waals surface area contributed by atoms with Gasteiger partial charge in [-0.3, -0.25) is 14.5 Å². The summed E-state index contributed by atoms with van der Waals surface area (Å²) in [5.74, 6) is -1.83. The van der Waals surface area contributed by atoms with E-state index in [9.17, 15) is 28.2 Å². The van der Waals surface area contributed by atoms with Gasteiger partial charge in [0.2, 0.25) is 12.0 Å². The number of piperazine rings is 1. The van der Waals surface area contributed by atoms with Crippen molar-refractivity contribution in [2.75, 3.05) is 11.4 Å². The number of carbonyl (C=O) groups excluding carboxylic acids is 2. The van der Waals surface area contributed by atoms with Crippen LogP contribution < -0.4 is 4.31 Å². The molecule has 3 aliphatic heterocycles. The highest BCUT2D eigenvalue weighted by atomic mass is 32.2. The normalized spacial score (nSPS) is 28.8. The topological polar surface area (TPSA) is 118 Å². The zero-order valence-corrected chi connectivity index (χ0v) is 21.0. The standard InChI is InChI=1S/C27H25N3O6S/c1-17-12-14-18(15-13-17)26-16-27(34)25(33)28(2)22(31)23(32)29(27)24(26)30(21-11-7-6-10-20(21)26)37(35,36)19-8-4-3-5-9-19/h3-15,22,24,31,34H,16H2,1-2H3/t22-,24+,26+,27-/m1/s1. The van der Waals surface area contributed by atoms with Gasteiger partial charge in [-0.1, -0.05) is 66.2 Å². The molecular weight excluding hydrogens is 494 g/mol. The lowest BCUT2D eigenvalue weighted by Crippen LogP contribution is -2.71. The van der Waals surface area contributed by atoms with Gasteiger partial charge in [-0.05, 0) is 36.2 Å². The molecule has 2 amide bonds. The highest BCUT2D eigenvalue weighted by Crippen LogP contribution is 2.61. The first-order valence-electron chi connectivity index (χ1n) is 11.8. The summed E-state index contributed by atoms with van der Waals surface area (Å²) in [7, 11) is -3.05. The average molecular weight is 520 g/mol. The molecule has 3 aromatic carbocycles. The lowest BCUT2D eigenvalue weighted by molar-refractivity contribution is -0.207. The fourth-order valence-electron chi connectivity index (χ4n) is 6.09. The molecule has 0 aliphatic carbocycles. The molecule has 0 unspecified atom stereocenters. The Bertz CT molecular complexity index is 1540. The van der Waals surface area contributed by atoms with Gasteiger partial charge in [-0.25, -0.2) is 12.7 Å². The van der Waals surface area contributed by atoms with Gasteiger partial charge in [-0.2, -0.15) is 0 Å². The second-order valence-electron chi connectivity index (χ2n) is 9.83. The van der Waals surface area contributed by atoms with Crippen molar-refractivity contribution in [2.45, 2.75) is 41.8 Å². The number of likely N-dealkylation sites (N-methyl/N-ethyl adjacent to an activating group) is 1. The summed E-state index contributed by atoms with van der Waals surface area (Å²) in [5.41, 5.74) is -1.16. The van der Waals surface area contributed by atoms with E-state index in [1.807, 2.05) is 31.2 Å². The number of hydrogen-bond acceptors (Lipinski definition) is 6. The van der Waals surface area contributed by atoms with Crippen LogP contribution in [0.5, 0.6) is 0 Å². The molecule has 0 radical (unpaired) electrons. The van der Waals surface area contributed by atoms with Gasteiger partial charge in [0.05, 0.1) is 16.0 Å². The van der Waals surface area contributed by atoms with Gasteiger partial charge in [0.25, 0.3) is 21.8 Å². The van der Waals surface area contributed by atoms with Gasteiger partial charge in [0.1, 0.15) is 6.17 Å². The molecule has 0 bridgehead atoms. The van der Waals surface area contributed by atoms with Crippen LogP contribution in [-0.2, 0) is 25.0 Å². The molecule has 3 aromatic rings. The maximum atomic E-state index is 14.2. The summed E-state index contributed by atoms with van der Waals surface area (Å²) in [6.07, 6.45) is -3.50. The smallest absolute Gasteiger partial charge is 0.278 e. The van der Waals surface area contributed by atoms with Crippen LogP contribution in [0.25, 0.3) is 0 Å². The van der Waals surface area contributed by atoms with Gasteiger partial charge in [0.15, 0.2) is 0 Å². The molecule has 3 heterocycles. The summed E-state index contributed by atoms with van der Waals surface area (Å²) in [6, 6.07) is 22.1.